The second-order valence-electron chi connectivity index (χ2n) is 5.45. The van der Waals surface area contributed by atoms with Gasteiger partial charge in [-0.1, -0.05) is 38.0 Å². The average Bonchev–Trinajstić information content (AvgIpc) is 2.42. The maximum atomic E-state index is 9.87. The molecule has 0 amide bonds. The van der Waals surface area contributed by atoms with E-state index in [1.165, 1.54) is 12.8 Å². The van der Waals surface area contributed by atoms with Gasteiger partial charge in [-0.3, -0.25) is 0 Å². The number of para-hydroxylation sites is 1. The third kappa shape index (κ3) is 7.35. The summed E-state index contributed by atoms with van der Waals surface area (Å²) in [5.41, 5.74) is 0. The van der Waals surface area contributed by atoms with E-state index in [0.717, 1.165) is 11.8 Å². The van der Waals surface area contributed by atoms with Gasteiger partial charge in [0.15, 0.2) is 8.32 Å². The fraction of sp³-hybridized carbons (Fsp3) is 0.600. The molecule has 19 heavy (non-hydrogen) atoms. The van der Waals surface area contributed by atoms with Gasteiger partial charge in [0.25, 0.3) is 0 Å². The maximum absolute atomic E-state index is 9.87. The molecule has 0 aliphatic carbocycles. The van der Waals surface area contributed by atoms with E-state index in [4.69, 9.17) is 9.16 Å². The highest BCUT2D eigenvalue weighted by Crippen LogP contribution is 2.15. The number of aliphatic hydroxyl groups excluding tert-OH is 1. The molecule has 0 aliphatic rings. The van der Waals surface area contributed by atoms with E-state index in [-0.39, 0.29) is 6.61 Å². The summed E-state index contributed by atoms with van der Waals surface area (Å²) in [6.45, 7) is 7.24. The number of rotatable bonds is 9. The Kier molecular flexibility index (Phi) is 7.13. The van der Waals surface area contributed by atoms with Crippen LogP contribution in [0.2, 0.25) is 19.1 Å². The Hall–Kier alpha value is -0.843. The maximum Gasteiger partial charge on any atom is 0.186 e. The van der Waals surface area contributed by atoms with E-state index in [9.17, 15) is 5.11 Å². The van der Waals surface area contributed by atoms with Crippen LogP contribution < -0.4 is 4.74 Å². The Morgan fingerprint density at radius 1 is 1.16 bits per heavy atom. The van der Waals surface area contributed by atoms with Gasteiger partial charge in [-0.2, -0.15) is 0 Å². The topological polar surface area (TPSA) is 38.7 Å². The van der Waals surface area contributed by atoms with Crippen molar-refractivity contribution in [2.24, 2.45) is 0 Å². The highest BCUT2D eigenvalue weighted by molar-refractivity contribution is 6.71. The van der Waals surface area contributed by atoms with Crippen molar-refractivity contribution in [1.29, 1.82) is 0 Å². The Morgan fingerprint density at radius 2 is 1.84 bits per heavy atom. The van der Waals surface area contributed by atoms with Crippen molar-refractivity contribution < 1.29 is 14.3 Å². The molecule has 0 saturated carbocycles. The van der Waals surface area contributed by atoms with Crippen LogP contribution in [0.4, 0.5) is 0 Å². The minimum absolute atomic E-state index is 0.280. The van der Waals surface area contributed by atoms with E-state index in [1.807, 2.05) is 30.3 Å². The smallest absolute Gasteiger partial charge is 0.186 e. The van der Waals surface area contributed by atoms with Crippen LogP contribution in [-0.4, -0.2) is 32.7 Å². The van der Waals surface area contributed by atoms with Crippen LogP contribution in [0.3, 0.4) is 0 Å². The van der Waals surface area contributed by atoms with Gasteiger partial charge in [0, 0.05) is 0 Å². The van der Waals surface area contributed by atoms with Crippen molar-refractivity contribution in [3.8, 4) is 5.75 Å². The summed E-state index contributed by atoms with van der Waals surface area (Å²) >= 11 is 0. The van der Waals surface area contributed by atoms with Crippen molar-refractivity contribution in [3.63, 3.8) is 0 Å². The molecule has 1 rings (SSSR count). The minimum Gasteiger partial charge on any atom is -0.491 e. The molecule has 4 heteroatoms. The fourth-order valence-electron chi connectivity index (χ4n) is 1.75. The summed E-state index contributed by atoms with van der Waals surface area (Å²) in [7, 11) is -1.61. The second kappa shape index (κ2) is 8.35. The van der Waals surface area contributed by atoms with Gasteiger partial charge >= 0.3 is 0 Å². The van der Waals surface area contributed by atoms with E-state index in [1.54, 1.807) is 0 Å². The molecule has 0 fully saturated rings. The van der Waals surface area contributed by atoms with Crippen molar-refractivity contribution in [2.75, 3.05) is 13.2 Å². The first-order chi connectivity index (χ1) is 9.03. The summed E-state index contributed by atoms with van der Waals surface area (Å²) < 4.78 is 11.4. The zero-order valence-electron chi connectivity index (χ0n) is 12.3. The summed E-state index contributed by atoms with van der Waals surface area (Å²) in [5.74, 6) is 0.782. The van der Waals surface area contributed by atoms with Crippen LogP contribution in [0.1, 0.15) is 19.8 Å². The van der Waals surface area contributed by atoms with Crippen LogP contribution in [0.15, 0.2) is 30.3 Å². The van der Waals surface area contributed by atoms with Gasteiger partial charge < -0.3 is 14.3 Å². The predicted octanol–water partition coefficient (Wildman–Crippen LogP) is 3.45. The van der Waals surface area contributed by atoms with Gasteiger partial charge in [-0.15, -0.1) is 0 Å². The van der Waals surface area contributed by atoms with Gasteiger partial charge in [0.05, 0.1) is 6.61 Å². The van der Waals surface area contributed by atoms with E-state index >= 15 is 0 Å². The molecule has 1 atom stereocenters. The highest BCUT2D eigenvalue weighted by atomic mass is 28.4. The molecule has 108 valence electrons. The monoisotopic (exact) mass is 282 g/mol. The van der Waals surface area contributed by atoms with Crippen molar-refractivity contribution in [3.05, 3.63) is 30.3 Å². The normalized spacial score (nSPS) is 13.3. The number of ether oxygens (including phenoxy) is 1. The summed E-state index contributed by atoms with van der Waals surface area (Å²) in [4.78, 5) is 0. The summed E-state index contributed by atoms with van der Waals surface area (Å²) in [6.07, 6.45) is 1.84. The molecule has 1 aromatic carbocycles. The molecule has 0 aliphatic heterocycles. The molecule has 0 heterocycles. The minimum atomic E-state index is -1.61. The Balaban J connectivity index is 2.22. The van der Waals surface area contributed by atoms with Crippen molar-refractivity contribution >= 4 is 8.32 Å². The zero-order chi connectivity index (χ0) is 14.1. The standard InChI is InChI=1S/C15H26O3Si/c1-4-5-11-19(2,3)18-13-14(16)12-17-15-9-7-6-8-10-15/h6-10,14,16H,4-5,11-13H2,1-3H3. The fourth-order valence-corrected chi connectivity index (χ4v) is 3.75. The van der Waals surface area contributed by atoms with Gasteiger partial charge in [0.1, 0.15) is 18.5 Å². The molecule has 1 aromatic rings. The second-order valence-corrected chi connectivity index (χ2v) is 9.76. The summed E-state index contributed by atoms with van der Waals surface area (Å²) in [6, 6.07) is 10.7. The van der Waals surface area contributed by atoms with Gasteiger partial charge in [-0.05, 0) is 31.3 Å². The third-order valence-corrected chi connectivity index (χ3v) is 5.49. The number of aliphatic hydroxyl groups is 1. The number of benzene rings is 1. The largest absolute Gasteiger partial charge is 0.491 e. The van der Waals surface area contributed by atoms with Crippen LogP contribution in [0.25, 0.3) is 0 Å². The number of hydrogen-bond donors (Lipinski definition) is 1. The van der Waals surface area contributed by atoms with Crippen molar-refractivity contribution in [2.45, 2.75) is 45.0 Å². The molecule has 1 unspecified atom stereocenters. The lowest BCUT2D eigenvalue weighted by atomic mass is 10.3. The lowest BCUT2D eigenvalue weighted by Gasteiger charge is -2.24. The predicted molar refractivity (Wildman–Crippen MR) is 81.1 cm³/mol. The molecule has 0 radical (unpaired) electrons. The zero-order valence-corrected chi connectivity index (χ0v) is 13.3. The Bertz CT molecular complexity index is 341. The summed E-state index contributed by atoms with van der Waals surface area (Å²) in [5, 5.41) is 9.87. The molecule has 3 nitrogen and oxygen atoms in total. The SMILES string of the molecule is CCCC[Si](C)(C)OCC(O)COc1ccccc1. The van der Waals surface area contributed by atoms with Crippen LogP contribution in [0, 0.1) is 0 Å². The van der Waals surface area contributed by atoms with E-state index < -0.39 is 14.4 Å². The Morgan fingerprint density at radius 3 is 2.47 bits per heavy atom. The lowest BCUT2D eigenvalue weighted by Crippen LogP contribution is -2.35. The third-order valence-electron chi connectivity index (χ3n) is 2.98. The van der Waals surface area contributed by atoms with Crippen LogP contribution >= 0.6 is 0 Å². The van der Waals surface area contributed by atoms with E-state index in [0.29, 0.717) is 6.61 Å². The highest BCUT2D eigenvalue weighted by Gasteiger charge is 2.22. The van der Waals surface area contributed by atoms with Gasteiger partial charge in [0.2, 0.25) is 0 Å². The average molecular weight is 282 g/mol. The first kappa shape index (κ1) is 16.2. The number of unbranched alkanes of at least 4 members (excludes halogenated alkanes) is 1. The molecule has 1 N–H and O–H groups in total. The molecule has 0 saturated heterocycles. The van der Waals surface area contributed by atoms with E-state index in [2.05, 4.69) is 20.0 Å². The molecule has 0 aromatic heterocycles. The first-order valence-electron chi connectivity index (χ1n) is 7.03. The molecular formula is C15H26O3Si. The van der Waals surface area contributed by atoms with Crippen LogP contribution in [0.5, 0.6) is 5.75 Å². The molecule has 0 spiro atoms. The Labute approximate surface area is 117 Å². The van der Waals surface area contributed by atoms with Gasteiger partial charge in [-0.25, -0.2) is 0 Å². The molecule has 0 bridgehead atoms. The molecular weight excluding hydrogens is 256 g/mol. The van der Waals surface area contributed by atoms with Crippen LogP contribution in [-0.2, 0) is 4.43 Å². The first-order valence-corrected chi connectivity index (χ1v) is 10.1. The number of hydrogen-bond acceptors (Lipinski definition) is 3. The lowest BCUT2D eigenvalue weighted by molar-refractivity contribution is 0.0594. The quantitative estimate of drug-likeness (QED) is 0.705. The van der Waals surface area contributed by atoms with Crippen molar-refractivity contribution in [1.82, 2.24) is 0 Å².